The van der Waals surface area contributed by atoms with E-state index in [-0.39, 0.29) is 0 Å². The Hall–Kier alpha value is -1.16. The number of aromatic nitrogens is 1. The van der Waals surface area contributed by atoms with Gasteiger partial charge in [0.1, 0.15) is 5.82 Å². The van der Waals surface area contributed by atoms with Gasteiger partial charge in [0.25, 0.3) is 0 Å². The minimum Gasteiger partial charge on any atom is -0.296 e. The molecule has 0 fully saturated rings. The fourth-order valence-electron chi connectivity index (χ4n) is 0.540. The zero-order valence-corrected chi connectivity index (χ0v) is 6.06. The molecule has 0 aliphatic rings. The van der Waals surface area contributed by atoms with Crippen molar-refractivity contribution in [1.29, 1.82) is 0 Å². The van der Waals surface area contributed by atoms with Gasteiger partial charge in [0, 0.05) is 6.20 Å². The van der Waals surface area contributed by atoms with Crippen LogP contribution in [-0.4, -0.2) is 10.5 Å². The summed E-state index contributed by atoms with van der Waals surface area (Å²) in [7, 11) is 0. The molecule has 10 heavy (non-hydrogen) atoms. The Morgan fingerprint density at radius 1 is 1.50 bits per heavy atom. The first-order chi connectivity index (χ1) is 4.93. The minimum atomic E-state index is 0.753. The summed E-state index contributed by atoms with van der Waals surface area (Å²) in [6.07, 6.45) is 1.70. The summed E-state index contributed by atoms with van der Waals surface area (Å²) in [5.74, 6) is 0.753. The third kappa shape index (κ3) is 1.99. The molecule has 1 aromatic heterocycles. The highest BCUT2D eigenvalue weighted by Crippen LogP contribution is 1.95. The molecule has 0 aliphatic heterocycles. The van der Waals surface area contributed by atoms with Crippen LogP contribution in [-0.2, 0) is 0 Å². The van der Waals surface area contributed by atoms with Gasteiger partial charge in [0.15, 0.2) is 0 Å². The van der Waals surface area contributed by atoms with Gasteiger partial charge < -0.3 is 0 Å². The quantitative estimate of drug-likeness (QED) is 0.501. The van der Waals surface area contributed by atoms with Crippen LogP contribution < -0.4 is 10.9 Å². The predicted molar refractivity (Wildman–Crippen MR) is 44.7 cm³/mol. The lowest BCUT2D eigenvalue weighted by atomic mass is 10.5. The van der Waals surface area contributed by atoms with Gasteiger partial charge in [-0.15, -0.1) is 0 Å². The smallest absolute Gasteiger partial charge is 0.144 e. The van der Waals surface area contributed by atoms with E-state index in [1.54, 1.807) is 6.20 Å². The molecule has 0 saturated carbocycles. The fourth-order valence-corrected chi connectivity index (χ4v) is 0.599. The molecule has 52 valence electrons. The van der Waals surface area contributed by atoms with E-state index in [1.807, 2.05) is 18.2 Å². The lowest BCUT2D eigenvalue weighted by molar-refractivity contribution is 1.12. The summed E-state index contributed by atoms with van der Waals surface area (Å²) in [6, 6.07) is 5.58. The van der Waals surface area contributed by atoms with E-state index < -0.39 is 0 Å². The van der Waals surface area contributed by atoms with Crippen LogP contribution in [0.2, 0.25) is 0 Å². The summed E-state index contributed by atoms with van der Waals surface area (Å²) in [5.41, 5.74) is 6.80. The monoisotopic (exact) mass is 153 g/mol. The number of hydrogen-bond acceptors (Lipinski definition) is 3. The molecule has 0 saturated heterocycles. The summed E-state index contributed by atoms with van der Waals surface area (Å²) in [5, 5.41) is 0. The van der Waals surface area contributed by atoms with Crippen LogP contribution in [0.1, 0.15) is 0 Å². The molecule has 3 nitrogen and oxygen atoms in total. The van der Waals surface area contributed by atoms with Crippen molar-refractivity contribution in [3.8, 4) is 0 Å². The Balaban J connectivity index is 2.50. The number of nitrogens with zero attached hydrogens (tertiary/aromatic N) is 1. The molecule has 0 spiro atoms. The maximum Gasteiger partial charge on any atom is 0.144 e. The van der Waals surface area contributed by atoms with E-state index in [0.29, 0.717) is 0 Å². The number of pyridine rings is 1. The largest absolute Gasteiger partial charge is 0.296 e. The topological polar surface area (TPSA) is 37.0 Å². The van der Waals surface area contributed by atoms with Crippen LogP contribution in [0.15, 0.2) is 24.4 Å². The molecule has 0 aliphatic carbocycles. The number of nitrogens with one attached hydrogen (secondary N) is 2. The second-order valence-corrected chi connectivity index (χ2v) is 1.84. The molecular formula is C6H7N3S. The molecule has 0 bridgehead atoms. The summed E-state index contributed by atoms with van der Waals surface area (Å²) >= 11 is 4.52. The van der Waals surface area contributed by atoms with Crippen molar-refractivity contribution in [3.63, 3.8) is 0 Å². The van der Waals surface area contributed by atoms with Gasteiger partial charge in [-0.05, 0) is 12.1 Å². The van der Waals surface area contributed by atoms with E-state index in [1.165, 1.54) is 5.49 Å². The van der Waals surface area contributed by atoms with Crippen molar-refractivity contribution in [3.05, 3.63) is 24.4 Å². The number of thiocarbonyl (C=S) groups is 1. The highest BCUT2D eigenvalue weighted by atomic mass is 32.1. The van der Waals surface area contributed by atoms with E-state index in [0.717, 1.165) is 5.82 Å². The molecule has 2 N–H and O–H groups in total. The normalized spacial score (nSPS) is 8.40. The molecule has 0 radical (unpaired) electrons. The van der Waals surface area contributed by atoms with Gasteiger partial charge in [-0.2, -0.15) is 0 Å². The molecule has 1 aromatic rings. The molecule has 1 heterocycles. The Labute approximate surface area is 64.4 Å². The van der Waals surface area contributed by atoms with Crippen molar-refractivity contribution in [2.45, 2.75) is 0 Å². The third-order valence-corrected chi connectivity index (χ3v) is 1.04. The second-order valence-electron chi connectivity index (χ2n) is 1.60. The zero-order valence-electron chi connectivity index (χ0n) is 5.24. The molecule has 0 atom stereocenters. The van der Waals surface area contributed by atoms with E-state index >= 15 is 0 Å². The van der Waals surface area contributed by atoms with E-state index in [2.05, 4.69) is 28.1 Å². The van der Waals surface area contributed by atoms with Gasteiger partial charge in [-0.1, -0.05) is 18.3 Å². The van der Waals surface area contributed by atoms with Crippen molar-refractivity contribution in [2.24, 2.45) is 0 Å². The van der Waals surface area contributed by atoms with Gasteiger partial charge in [0.05, 0.1) is 5.49 Å². The van der Waals surface area contributed by atoms with Crippen LogP contribution in [0.5, 0.6) is 0 Å². The molecule has 0 aromatic carbocycles. The first-order valence-corrected chi connectivity index (χ1v) is 3.27. The average molecular weight is 153 g/mol. The average Bonchev–Trinajstić information content (AvgIpc) is 2.03. The van der Waals surface area contributed by atoms with Crippen LogP contribution in [0, 0.1) is 0 Å². The first kappa shape index (κ1) is 6.95. The second kappa shape index (κ2) is 3.79. The fraction of sp³-hybridized carbons (Fsp3) is 0. The number of hydrogen-bond donors (Lipinski definition) is 2. The first-order valence-electron chi connectivity index (χ1n) is 2.79. The standard InChI is InChI=1S/C6H7N3S/c10-5-8-9-6-3-1-2-4-7-6/h1-5H,(H,7,9)(H,8,10). The Morgan fingerprint density at radius 2 is 2.40 bits per heavy atom. The van der Waals surface area contributed by atoms with E-state index in [9.17, 15) is 0 Å². The lowest BCUT2D eigenvalue weighted by Gasteiger charge is -2.00. The van der Waals surface area contributed by atoms with Crippen molar-refractivity contribution in [2.75, 3.05) is 5.43 Å². The maximum atomic E-state index is 4.52. The van der Waals surface area contributed by atoms with Crippen molar-refractivity contribution in [1.82, 2.24) is 10.4 Å². The van der Waals surface area contributed by atoms with Crippen molar-refractivity contribution < 1.29 is 0 Å². The SMILES string of the molecule is S=CNNc1ccccn1. The van der Waals surface area contributed by atoms with Crippen LogP contribution >= 0.6 is 12.2 Å². The lowest BCUT2D eigenvalue weighted by Crippen LogP contribution is -2.18. The Bertz CT molecular complexity index is 199. The number of rotatable bonds is 3. The summed E-state index contributed by atoms with van der Waals surface area (Å²) in [6.45, 7) is 0. The van der Waals surface area contributed by atoms with Gasteiger partial charge >= 0.3 is 0 Å². The minimum absolute atomic E-state index is 0.753. The van der Waals surface area contributed by atoms with Gasteiger partial charge in [-0.3, -0.25) is 10.9 Å². The highest BCUT2D eigenvalue weighted by molar-refractivity contribution is 7.78. The Kier molecular flexibility index (Phi) is 2.63. The van der Waals surface area contributed by atoms with Crippen LogP contribution in [0.3, 0.4) is 0 Å². The highest BCUT2D eigenvalue weighted by Gasteiger charge is 1.83. The van der Waals surface area contributed by atoms with Gasteiger partial charge in [0.2, 0.25) is 0 Å². The Morgan fingerprint density at radius 3 is 3.00 bits per heavy atom. The van der Waals surface area contributed by atoms with Crippen LogP contribution in [0.4, 0.5) is 5.82 Å². The molecule has 0 unspecified atom stereocenters. The molecule has 1 rings (SSSR count). The number of hydrazine groups is 1. The summed E-state index contributed by atoms with van der Waals surface area (Å²) < 4.78 is 0. The number of anilines is 1. The predicted octanol–water partition coefficient (Wildman–Crippen LogP) is 0.955. The van der Waals surface area contributed by atoms with Crippen LogP contribution in [0.25, 0.3) is 0 Å². The summed E-state index contributed by atoms with van der Waals surface area (Å²) in [4.78, 5) is 3.98. The van der Waals surface area contributed by atoms with Gasteiger partial charge in [-0.25, -0.2) is 4.98 Å². The van der Waals surface area contributed by atoms with E-state index in [4.69, 9.17) is 0 Å². The van der Waals surface area contributed by atoms with Crippen molar-refractivity contribution >= 4 is 23.5 Å². The zero-order chi connectivity index (χ0) is 7.23. The molecular weight excluding hydrogens is 146 g/mol. The molecule has 4 heteroatoms. The maximum absolute atomic E-state index is 4.52. The third-order valence-electron chi connectivity index (χ3n) is 0.924. The molecule has 0 amide bonds.